The summed E-state index contributed by atoms with van der Waals surface area (Å²) in [5, 5.41) is 0. The van der Waals surface area contributed by atoms with Gasteiger partial charge < -0.3 is 9.47 Å². The normalized spacial score (nSPS) is 18.2. The Labute approximate surface area is 151 Å². The summed E-state index contributed by atoms with van der Waals surface area (Å²) < 4.78 is 42.7. The Morgan fingerprint density at radius 1 is 0.875 bits per heavy atom. The first-order valence-corrected chi connectivity index (χ1v) is 8.49. The van der Waals surface area contributed by atoms with Gasteiger partial charge in [0.2, 0.25) is 0 Å². The molecular formula is C20H30O4. The van der Waals surface area contributed by atoms with Gasteiger partial charge in [-0.15, -0.1) is 0 Å². The van der Waals surface area contributed by atoms with Gasteiger partial charge in [0.15, 0.2) is 0 Å². The molecule has 0 saturated carbocycles. The van der Waals surface area contributed by atoms with Gasteiger partial charge in [-0.1, -0.05) is 52.6 Å². The Morgan fingerprint density at radius 2 is 1.21 bits per heavy atom. The highest BCUT2D eigenvalue weighted by molar-refractivity contribution is 6.03. The lowest BCUT2D eigenvalue weighted by atomic mass is 10.0. The minimum absolute atomic E-state index is 0.0559. The Hall–Kier alpha value is -1.84. The first-order valence-electron chi connectivity index (χ1n) is 10.5. The summed E-state index contributed by atoms with van der Waals surface area (Å²) in [7, 11) is 0. The van der Waals surface area contributed by atoms with Crippen molar-refractivity contribution < 1.29 is 24.5 Å². The van der Waals surface area contributed by atoms with Crippen molar-refractivity contribution in [1.82, 2.24) is 0 Å². The van der Waals surface area contributed by atoms with E-state index in [1.54, 1.807) is 13.8 Å². The summed E-state index contributed by atoms with van der Waals surface area (Å²) in [6.07, 6.45) is 0.586. The maximum atomic E-state index is 12.7. The molecule has 0 fully saturated rings. The molecule has 4 heteroatoms. The number of carbonyl (C=O) groups is 2. The van der Waals surface area contributed by atoms with Crippen molar-refractivity contribution in [2.45, 2.75) is 66.6 Å². The Bertz CT molecular complexity index is 675. The van der Waals surface area contributed by atoms with Gasteiger partial charge in [-0.05, 0) is 37.8 Å². The molecule has 0 aliphatic carbocycles. The molecule has 0 aliphatic rings. The third-order valence-corrected chi connectivity index (χ3v) is 4.57. The lowest BCUT2D eigenvalue weighted by Gasteiger charge is -2.21. The highest BCUT2D eigenvalue weighted by Gasteiger charge is 2.24. The van der Waals surface area contributed by atoms with E-state index in [1.807, 2.05) is 27.7 Å². The first-order chi connectivity index (χ1) is 13.0. The number of benzene rings is 1. The van der Waals surface area contributed by atoms with Crippen molar-refractivity contribution in [2.24, 2.45) is 11.8 Å². The molecule has 0 N–H and O–H groups in total. The number of ether oxygens (including phenoxy) is 2. The van der Waals surface area contributed by atoms with E-state index < -0.39 is 59.4 Å². The van der Waals surface area contributed by atoms with Crippen molar-refractivity contribution in [2.75, 3.05) is 0 Å². The molecule has 4 atom stereocenters. The molecule has 0 aliphatic heterocycles. The van der Waals surface area contributed by atoms with Crippen molar-refractivity contribution >= 4 is 11.9 Å². The topological polar surface area (TPSA) is 52.6 Å². The minimum atomic E-state index is -0.956. The Balaban J connectivity index is 3.43. The molecule has 0 radical (unpaired) electrons. The summed E-state index contributed by atoms with van der Waals surface area (Å²) in [5.41, 5.74) is -0.968. The zero-order valence-corrected chi connectivity index (χ0v) is 15.4. The van der Waals surface area contributed by atoms with Gasteiger partial charge in [0, 0.05) is 0 Å². The van der Waals surface area contributed by atoms with E-state index >= 15 is 0 Å². The maximum absolute atomic E-state index is 12.7. The standard InChI is InChI=1S/C20H30O4/c1-7-13(3)15(5)23-19(21)17-11-9-10-12-18(17)20(22)24-16(6)14(4)8-2/h9-16H,7-8H2,1-6H3/i9D,10D,11D,12D. The molecule has 4 nitrogen and oxygen atoms in total. The second kappa shape index (κ2) is 9.45. The molecule has 0 amide bonds. The second-order valence-electron chi connectivity index (χ2n) is 6.24. The summed E-state index contributed by atoms with van der Waals surface area (Å²) in [6, 6.07) is -2.41. The zero-order valence-electron chi connectivity index (χ0n) is 19.4. The third kappa shape index (κ3) is 5.36. The average molecular weight is 338 g/mol. The van der Waals surface area contributed by atoms with E-state index in [1.165, 1.54) is 0 Å². The van der Waals surface area contributed by atoms with Crippen LogP contribution in [0.4, 0.5) is 0 Å². The third-order valence-electron chi connectivity index (χ3n) is 4.57. The predicted molar refractivity (Wildman–Crippen MR) is 95.1 cm³/mol. The molecule has 1 rings (SSSR count). The van der Waals surface area contributed by atoms with Gasteiger partial charge in [0.05, 0.1) is 16.6 Å². The van der Waals surface area contributed by atoms with Crippen LogP contribution in [0.15, 0.2) is 24.2 Å². The fraction of sp³-hybridized carbons (Fsp3) is 0.600. The van der Waals surface area contributed by atoms with Crippen molar-refractivity contribution in [3.63, 3.8) is 0 Å². The quantitative estimate of drug-likeness (QED) is 0.635. The van der Waals surface area contributed by atoms with Gasteiger partial charge in [0.1, 0.15) is 12.2 Å². The van der Waals surface area contributed by atoms with Crippen molar-refractivity contribution in [3.05, 3.63) is 35.3 Å². The molecule has 0 spiro atoms. The van der Waals surface area contributed by atoms with Crippen LogP contribution in [0.2, 0.25) is 0 Å². The summed E-state index contributed by atoms with van der Waals surface area (Å²) >= 11 is 0. The second-order valence-corrected chi connectivity index (χ2v) is 6.24. The van der Waals surface area contributed by atoms with E-state index in [0.29, 0.717) is 0 Å². The largest absolute Gasteiger partial charge is 0.459 e. The Kier molecular flexibility index (Phi) is 5.71. The monoisotopic (exact) mass is 338 g/mol. The van der Waals surface area contributed by atoms with Crippen LogP contribution in [0.25, 0.3) is 0 Å². The summed E-state index contributed by atoms with van der Waals surface area (Å²) in [6.45, 7) is 11.1. The maximum Gasteiger partial charge on any atom is 0.339 e. The molecule has 0 saturated heterocycles. The minimum Gasteiger partial charge on any atom is -0.459 e. The molecule has 0 heterocycles. The lowest BCUT2D eigenvalue weighted by Crippen LogP contribution is -2.25. The van der Waals surface area contributed by atoms with E-state index in [4.69, 9.17) is 15.0 Å². The van der Waals surface area contributed by atoms with E-state index in [-0.39, 0.29) is 11.8 Å². The van der Waals surface area contributed by atoms with Crippen LogP contribution < -0.4 is 0 Å². The fourth-order valence-corrected chi connectivity index (χ4v) is 1.97. The molecule has 4 unspecified atom stereocenters. The van der Waals surface area contributed by atoms with Crippen LogP contribution in [0.3, 0.4) is 0 Å². The molecule has 0 bridgehead atoms. The highest BCUT2D eigenvalue weighted by atomic mass is 16.5. The Morgan fingerprint density at radius 3 is 1.50 bits per heavy atom. The van der Waals surface area contributed by atoms with Crippen LogP contribution in [0.1, 0.15) is 80.6 Å². The van der Waals surface area contributed by atoms with Crippen LogP contribution in [0, 0.1) is 11.8 Å². The van der Waals surface area contributed by atoms with Gasteiger partial charge in [-0.2, -0.15) is 0 Å². The van der Waals surface area contributed by atoms with Crippen molar-refractivity contribution in [3.8, 4) is 0 Å². The molecule has 1 aromatic rings. The number of esters is 2. The number of hydrogen-bond donors (Lipinski definition) is 0. The van der Waals surface area contributed by atoms with E-state index in [0.717, 1.165) is 12.8 Å². The van der Waals surface area contributed by atoms with Gasteiger partial charge in [-0.3, -0.25) is 0 Å². The average Bonchev–Trinajstić information content (AvgIpc) is 2.66. The molecule has 24 heavy (non-hydrogen) atoms. The van der Waals surface area contributed by atoms with E-state index in [2.05, 4.69) is 0 Å². The van der Waals surface area contributed by atoms with Crippen molar-refractivity contribution in [1.29, 1.82) is 0 Å². The highest BCUT2D eigenvalue weighted by Crippen LogP contribution is 2.19. The van der Waals surface area contributed by atoms with Crippen LogP contribution in [-0.2, 0) is 9.47 Å². The molecule has 134 valence electrons. The summed E-state index contributed by atoms with van der Waals surface area (Å²) in [4.78, 5) is 25.5. The number of carbonyl (C=O) groups excluding carboxylic acids is 2. The molecule has 0 aromatic heterocycles. The van der Waals surface area contributed by atoms with Crippen LogP contribution >= 0.6 is 0 Å². The predicted octanol–water partition coefficient (Wildman–Crippen LogP) is 4.87. The SMILES string of the molecule is [2H]c1c([2H])c([2H])c(C(=O)OC(C)C(C)CC)c(C(=O)OC(C)C(C)CC)c1[2H]. The lowest BCUT2D eigenvalue weighted by molar-refractivity contribution is 0.0166. The van der Waals surface area contributed by atoms with Gasteiger partial charge in [0.25, 0.3) is 0 Å². The van der Waals surface area contributed by atoms with Gasteiger partial charge >= 0.3 is 11.9 Å². The first kappa shape index (κ1) is 14.5. The molecular weight excluding hydrogens is 304 g/mol. The smallest absolute Gasteiger partial charge is 0.339 e. The fourth-order valence-electron chi connectivity index (χ4n) is 1.97. The number of hydrogen-bond acceptors (Lipinski definition) is 4. The summed E-state index contributed by atoms with van der Waals surface area (Å²) in [5.74, 6) is -1.80. The number of rotatable bonds is 8. The molecule has 1 aromatic carbocycles. The zero-order chi connectivity index (χ0) is 21.8. The van der Waals surface area contributed by atoms with Crippen LogP contribution in [0.5, 0.6) is 0 Å². The van der Waals surface area contributed by atoms with Crippen LogP contribution in [-0.4, -0.2) is 24.1 Å². The van der Waals surface area contributed by atoms with Gasteiger partial charge in [-0.25, -0.2) is 9.59 Å². The van der Waals surface area contributed by atoms with E-state index in [9.17, 15) is 9.59 Å².